The highest BCUT2D eigenvalue weighted by Gasteiger charge is 2.28. The molecular formula is C24H29F2N7O4. The lowest BCUT2D eigenvalue weighted by Crippen LogP contribution is -2.29. The van der Waals surface area contributed by atoms with Crippen LogP contribution in [-0.4, -0.2) is 59.7 Å². The number of pyridine rings is 1. The van der Waals surface area contributed by atoms with Crippen LogP contribution in [0.4, 0.5) is 14.7 Å². The maximum absolute atomic E-state index is 13.1. The Kier molecular flexibility index (Phi) is 7.79. The molecule has 0 saturated heterocycles. The first kappa shape index (κ1) is 26.2. The van der Waals surface area contributed by atoms with E-state index in [1.165, 1.54) is 12.3 Å². The zero-order chi connectivity index (χ0) is 26.6. The van der Waals surface area contributed by atoms with Gasteiger partial charge in [0.05, 0.1) is 35.6 Å². The normalized spacial score (nSPS) is 17.9. The van der Waals surface area contributed by atoms with E-state index >= 15 is 0 Å². The Morgan fingerprint density at radius 3 is 2.81 bits per heavy atom. The van der Waals surface area contributed by atoms with E-state index in [1.807, 2.05) is 6.92 Å². The second-order valence-electron chi connectivity index (χ2n) is 9.16. The largest absolute Gasteiger partial charge is 0.489 e. The molecule has 0 aliphatic heterocycles. The van der Waals surface area contributed by atoms with E-state index in [0.717, 1.165) is 19.8 Å². The number of halogens is 2. The van der Waals surface area contributed by atoms with Crippen molar-refractivity contribution in [2.75, 3.05) is 11.9 Å². The van der Waals surface area contributed by atoms with Gasteiger partial charge >= 0.3 is 5.97 Å². The Labute approximate surface area is 212 Å². The van der Waals surface area contributed by atoms with Crippen LogP contribution in [0.15, 0.2) is 24.4 Å². The van der Waals surface area contributed by atoms with Gasteiger partial charge < -0.3 is 19.9 Å². The van der Waals surface area contributed by atoms with Gasteiger partial charge in [-0.3, -0.25) is 4.79 Å². The van der Waals surface area contributed by atoms with Crippen molar-refractivity contribution in [1.82, 2.24) is 29.9 Å². The molecule has 4 rings (SSSR count). The molecule has 1 fully saturated rings. The maximum atomic E-state index is 13.1. The summed E-state index contributed by atoms with van der Waals surface area (Å²) < 4.78 is 38.9. The number of nitrogens with one attached hydrogen (secondary N) is 1. The van der Waals surface area contributed by atoms with Crippen molar-refractivity contribution >= 4 is 11.9 Å². The molecule has 0 spiro atoms. The number of carboxylic acids is 1. The van der Waals surface area contributed by atoms with Gasteiger partial charge in [0, 0.05) is 26.2 Å². The average Bonchev–Trinajstić information content (AvgIpc) is 3.23. The molecule has 0 amide bonds. The number of carboxylic acid groups (broad SMARTS) is 1. The molecule has 2 atom stereocenters. The van der Waals surface area contributed by atoms with Crippen LogP contribution in [0, 0.1) is 12.8 Å². The summed E-state index contributed by atoms with van der Waals surface area (Å²) in [6.45, 7) is 2.04. The van der Waals surface area contributed by atoms with E-state index in [0.29, 0.717) is 41.4 Å². The lowest BCUT2D eigenvalue weighted by atomic mass is 9.87. The number of rotatable bonds is 10. The molecule has 11 nitrogen and oxygen atoms in total. The fourth-order valence-electron chi connectivity index (χ4n) is 4.11. The SMILES string of the molecule is Cc1nc(-c2nnn(C)c2CNc2nccc(OCC(C)(F)F)n2)ccc1O[C@H]1CCC[C@H](C(=O)O)C1. The minimum atomic E-state index is -2.98. The van der Waals surface area contributed by atoms with E-state index < -0.39 is 18.5 Å². The van der Waals surface area contributed by atoms with Crippen LogP contribution in [0.25, 0.3) is 11.4 Å². The van der Waals surface area contributed by atoms with E-state index in [9.17, 15) is 18.7 Å². The lowest BCUT2D eigenvalue weighted by Gasteiger charge is -2.27. The first-order valence-electron chi connectivity index (χ1n) is 11.9. The fraction of sp³-hybridized carbons (Fsp3) is 0.500. The highest BCUT2D eigenvalue weighted by Crippen LogP contribution is 2.30. The van der Waals surface area contributed by atoms with Gasteiger partial charge in [0.1, 0.15) is 11.4 Å². The smallest absolute Gasteiger partial charge is 0.306 e. The Bertz CT molecular complexity index is 1250. The van der Waals surface area contributed by atoms with E-state index in [2.05, 4.69) is 30.6 Å². The van der Waals surface area contributed by atoms with E-state index in [4.69, 9.17) is 9.47 Å². The minimum Gasteiger partial charge on any atom is -0.489 e. The zero-order valence-corrected chi connectivity index (χ0v) is 20.8. The summed E-state index contributed by atoms with van der Waals surface area (Å²) >= 11 is 0. The quantitative estimate of drug-likeness (QED) is 0.410. The van der Waals surface area contributed by atoms with Gasteiger partial charge in [-0.1, -0.05) is 5.21 Å². The number of nitrogens with zero attached hydrogens (tertiary/aromatic N) is 6. The van der Waals surface area contributed by atoms with Crippen molar-refractivity contribution in [3.8, 4) is 23.0 Å². The molecule has 2 N–H and O–H groups in total. The summed E-state index contributed by atoms with van der Waals surface area (Å²) in [5.41, 5.74) is 2.49. The van der Waals surface area contributed by atoms with Gasteiger partial charge in [-0.2, -0.15) is 4.98 Å². The Morgan fingerprint density at radius 1 is 1.27 bits per heavy atom. The van der Waals surface area contributed by atoms with Gasteiger partial charge in [0.2, 0.25) is 11.8 Å². The summed E-state index contributed by atoms with van der Waals surface area (Å²) in [4.78, 5) is 24.2. The fourth-order valence-corrected chi connectivity index (χ4v) is 4.11. The standard InChI is InChI=1S/C24H29F2N7O4/c1-14-19(37-16-6-4-5-15(11-16)22(34)35)8-7-17(29-14)21-18(33(3)32-31-21)12-28-23-27-10-9-20(30-23)36-13-24(2,25)26/h7-10,15-16H,4-6,11-13H2,1-3H3,(H,34,35)(H,27,28,30)/t15-,16-/m0/s1. The predicted molar refractivity (Wildman–Crippen MR) is 128 cm³/mol. The van der Waals surface area contributed by atoms with Crippen LogP contribution in [-0.2, 0) is 18.4 Å². The molecule has 198 valence electrons. The Balaban J connectivity index is 1.44. The minimum absolute atomic E-state index is 0.0305. The molecule has 1 aliphatic rings. The first-order chi connectivity index (χ1) is 17.6. The summed E-state index contributed by atoms with van der Waals surface area (Å²) in [5.74, 6) is -3.31. The van der Waals surface area contributed by atoms with Crippen LogP contribution in [0.3, 0.4) is 0 Å². The van der Waals surface area contributed by atoms with Crippen LogP contribution in [0.1, 0.15) is 44.0 Å². The predicted octanol–water partition coefficient (Wildman–Crippen LogP) is 3.64. The van der Waals surface area contributed by atoms with E-state index in [-0.39, 0.29) is 30.4 Å². The zero-order valence-electron chi connectivity index (χ0n) is 20.8. The molecule has 3 aromatic heterocycles. The number of anilines is 1. The highest BCUT2D eigenvalue weighted by atomic mass is 19.3. The molecule has 13 heteroatoms. The number of hydrogen-bond donors (Lipinski definition) is 2. The molecule has 1 saturated carbocycles. The van der Waals surface area contributed by atoms with E-state index in [1.54, 1.807) is 23.9 Å². The third kappa shape index (κ3) is 6.86. The number of carbonyl (C=O) groups is 1. The molecule has 0 aromatic carbocycles. The topological polar surface area (TPSA) is 137 Å². The summed E-state index contributed by atoms with van der Waals surface area (Å²) in [7, 11) is 1.74. The van der Waals surface area contributed by atoms with Gasteiger partial charge in [-0.15, -0.1) is 5.10 Å². The first-order valence-corrected chi connectivity index (χ1v) is 11.9. The summed E-state index contributed by atoms with van der Waals surface area (Å²) in [6, 6.07) is 4.99. The molecule has 0 unspecified atom stereocenters. The van der Waals surface area contributed by atoms with Crippen LogP contribution >= 0.6 is 0 Å². The number of aryl methyl sites for hydroxylation is 2. The molecule has 0 bridgehead atoms. The van der Waals surface area contributed by atoms with Crippen molar-refractivity contribution in [2.45, 2.75) is 58.1 Å². The van der Waals surface area contributed by atoms with Crippen molar-refractivity contribution in [2.24, 2.45) is 13.0 Å². The number of aromatic nitrogens is 6. The average molecular weight is 518 g/mol. The summed E-state index contributed by atoms with van der Waals surface area (Å²) in [5, 5.41) is 20.7. The van der Waals surface area contributed by atoms with Crippen molar-refractivity contribution in [3.05, 3.63) is 35.8 Å². The number of aliphatic carboxylic acids is 1. The van der Waals surface area contributed by atoms with Crippen molar-refractivity contribution in [1.29, 1.82) is 0 Å². The van der Waals surface area contributed by atoms with Gasteiger partial charge in [0.25, 0.3) is 5.92 Å². The van der Waals surface area contributed by atoms with Crippen LogP contribution < -0.4 is 14.8 Å². The van der Waals surface area contributed by atoms with Gasteiger partial charge in [0.15, 0.2) is 6.61 Å². The van der Waals surface area contributed by atoms with Gasteiger partial charge in [-0.25, -0.2) is 23.4 Å². The third-order valence-corrected chi connectivity index (χ3v) is 6.01. The Morgan fingerprint density at radius 2 is 2.08 bits per heavy atom. The second kappa shape index (κ2) is 11.0. The highest BCUT2D eigenvalue weighted by molar-refractivity contribution is 5.70. The maximum Gasteiger partial charge on any atom is 0.306 e. The molecule has 3 aromatic rings. The molecular weight excluding hydrogens is 488 g/mol. The number of hydrogen-bond acceptors (Lipinski definition) is 9. The molecule has 37 heavy (non-hydrogen) atoms. The van der Waals surface area contributed by atoms with Crippen molar-refractivity contribution < 1.29 is 28.2 Å². The van der Waals surface area contributed by atoms with Crippen molar-refractivity contribution in [3.63, 3.8) is 0 Å². The van der Waals surface area contributed by atoms with Crippen LogP contribution in [0.2, 0.25) is 0 Å². The van der Waals surface area contributed by atoms with Gasteiger partial charge in [-0.05, 0) is 44.7 Å². The summed E-state index contributed by atoms with van der Waals surface area (Å²) in [6.07, 6.45) is 4.01. The second-order valence-corrected chi connectivity index (χ2v) is 9.16. The Hall–Kier alpha value is -3.90. The third-order valence-electron chi connectivity index (χ3n) is 6.01. The number of alkyl halides is 2. The lowest BCUT2D eigenvalue weighted by molar-refractivity contribution is -0.143. The molecule has 0 radical (unpaired) electrons. The molecule has 3 heterocycles. The van der Waals surface area contributed by atoms with Crippen LogP contribution in [0.5, 0.6) is 11.6 Å². The molecule has 1 aliphatic carbocycles. The number of ether oxygens (including phenoxy) is 2. The monoisotopic (exact) mass is 517 g/mol.